The van der Waals surface area contributed by atoms with E-state index in [4.69, 9.17) is 22.9 Å². The summed E-state index contributed by atoms with van der Waals surface area (Å²) < 4.78 is 0. The third-order valence-corrected chi connectivity index (χ3v) is 4.81. The fraction of sp³-hybridized carbons (Fsp3) is 0.200. The molecule has 0 fully saturated rings. The Balaban J connectivity index is 2.01. The number of phenolic OH excluding ortho intramolecular Hbond substituents is 2. The third kappa shape index (κ3) is 4.33. The standard InChI is InChI=1S/C20H24N8O4/c21-19(22)27-7-5-25-9-1-3-11(29)15-13(9)17(31)16-12(30)4-2-10(14(16)18(15)32)26-6-8-28-20(23)24/h1-4,25-26,29-30H,5-8H2,(H4,21,22,27)(H4,23,24,28)/p+2. The van der Waals surface area contributed by atoms with E-state index in [1.165, 1.54) is 24.3 Å². The van der Waals surface area contributed by atoms with Gasteiger partial charge in [-0.1, -0.05) is 0 Å². The first-order chi connectivity index (χ1) is 15.2. The number of hydrogen-bond donors (Lipinski definition) is 10. The van der Waals surface area contributed by atoms with Gasteiger partial charge in [-0.15, -0.1) is 0 Å². The molecule has 0 amide bonds. The molecule has 0 saturated heterocycles. The number of aromatic hydroxyl groups is 2. The number of guanidine groups is 2. The Hall–Kier alpha value is -4.48. The van der Waals surface area contributed by atoms with Gasteiger partial charge in [-0.3, -0.25) is 42.5 Å². The van der Waals surface area contributed by atoms with E-state index in [-0.39, 0.29) is 45.7 Å². The van der Waals surface area contributed by atoms with Gasteiger partial charge in [-0.2, -0.15) is 0 Å². The Morgan fingerprint density at radius 3 is 1.41 bits per heavy atom. The zero-order valence-corrected chi connectivity index (χ0v) is 17.2. The van der Waals surface area contributed by atoms with E-state index >= 15 is 0 Å². The number of carbonyl (C=O) groups is 2. The Kier molecular flexibility index (Phi) is 6.33. The molecule has 0 spiro atoms. The van der Waals surface area contributed by atoms with Gasteiger partial charge in [-0.25, -0.2) is 0 Å². The van der Waals surface area contributed by atoms with Crippen molar-refractivity contribution in [1.29, 1.82) is 0 Å². The summed E-state index contributed by atoms with van der Waals surface area (Å²) >= 11 is 0. The van der Waals surface area contributed by atoms with Gasteiger partial charge in [0.15, 0.2) is 0 Å². The van der Waals surface area contributed by atoms with Crippen LogP contribution < -0.4 is 43.6 Å². The molecule has 1 aliphatic carbocycles. The van der Waals surface area contributed by atoms with Gasteiger partial charge in [0, 0.05) is 24.5 Å². The molecule has 0 bridgehead atoms. The Labute approximate surface area is 183 Å². The highest BCUT2D eigenvalue weighted by Crippen LogP contribution is 2.42. The van der Waals surface area contributed by atoms with Crippen LogP contribution in [0.25, 0.3) is 0 Å². The summed E-state index contributed by atoms with van der Waals surface area (Å²) in [5, 5.41) is 26.8. The van der Waals surface area contributed by atoms with Crippen LogP contribution in [-0.4, -0.2) is 59.9 Å². The van der Waals surface area contributed by atoms with Crippen molar-refractivity contribution in [2.45, 2.75) is 0 Å². The highest BCUT2D eigenvalue weighted by molar-refractivity contribution is 6.33. The van der Waals surface area contributed by atoms with Crippen molar-refractivity contribution in [3.63, 3.8) is 0 Å². The maximum absolute atomic E-state index is 13.4. The van der Waals surface area contributed by atoms with E-state index in [2.05, 4.69) is 20.6 Å². The van der Waals surface area contributed by atoms with Gasteiger partial charge in [0.1, 0.15) is 11.5 Å². The van der Waals surface area contributed by atoms with E-state index in [0.29, 0.717) is 37.6 Å². The minimum Gasteiger partial charge on any atom is -0.507 e. The predicted octanol–water partition coefficient (Wildman–Crippen LogP) is -4.59. The van der Waals surface area contributed by atoms with Crippen LogP contribution in [0.1, 0.15) is 31.8 Å². The molecular formula is C20H26N8O4+2. The second-order valence-corrected chi connectivity index (χ2v) is 7.04. The topological polar surface area (TPSA) is 231 Å². The summed E-state index contributed by atoms with van der Waals surface area (Å²) in [5.41, 5.74) is 21.8. The van der Waals surface area contributed by atoms with Crippen molar-refractivity contribution in [3.05, 3.63) is 46.5 Å². The maximum atomic E-state index is 13.4. The van der Waals surface area contributed by atoms with E-state index < -0.39 is 11.6 Å². The van der Waals surface area contributed by atoms with Crippen molar-refractivity contribution in [2.75, 3.05) is 36.8 Å². The van der Waals surface area contributed by atoms with Gasteiger partial charge < -0.3 is 20.8 Å². The number of phenols is 2. The average Bonchev–Trinajstić information content (AvgIpc) is 2.73. The lowest BCUT2D eigenvalue weighted by atomic mass is 9.81. The first-order valence-corrected chi connectivity index (χ1v) is 9.75. The lowest BCUT2D eigenvalue weighted by Crippen LogP contribution is -2.79. The second kappa shape index (κ2) is 9.12. The Morgan fingerprint density at radius 1 is 0.688 bits per heavy atom. The summed E-state index contributed by atoms with van der Waals surface area (Å²) in [6.07, 6.45) is 0. The predicted molar refractivity (Wildman–Crippen MR) is 118 cm³/mol. The van der Waals surface area contributed by atoms with E-state index in [1.54, 1.807) is 0 Å². The fourth-order valence-electron chi connectivity index (χ4n) is 3.47. The van der Waals surface area contributed by atoms with E-state index in [9.17, 15) is 19.8 Å². The normalized spacial score (nSPS) is 11.9. The highest BCUT2D eigenvalue weighted by atomic mass is 16.3. The monoisotopic (exact) mass is 442 g/mol. The number of benzene rings is 2. The molecule has 0 heterocycles. The molecule has 0 atom stereocenters. The zero-order chi connectivity index (χ0) is 23.4. The van der Waals surface area contributed by atoms with E-state index in [1.807, 2.05) is 0 Å². The van der Waals surface area contributed by atoms with Crippen LogP contribution in [0.15, 0.2) is 24.3 Å². The van der Waals surface area contributed by atoms with Crippen molar-refractivity contribution in [3.8, 4) is 11.5 Å². The van der Waals surface area contributed by atoms with Crippen LogP contribution >= 0.6 is 0 Å². The number of nitrogens with one attached hydrogen (secondary N) is 4. The molecule has 2 aromatic rings. The van der Waals surface area contributed by atoms with Gasteiger partial charge in [0.2, 0.25) is 11.6 Å². The van der Waals surface area contributed by atoms with Gasteiger partial charge in [0.05, 0.1) is 35.3 Å². The van der Waals surface area contributed by atoms with Crippen LogP contribution in [0.4, 0.5) is 11.4 Å². The molecule has 168 valence electrons. The molecule has 0 aliphatic heterocycles. The number of nitrogens with two attached hydrogens (primary N) is 4. The molecule has 0 saturated carbocycles. The molecule has 1 aliphatic rings. The number of carbonyl (C=O) groups excluding carboxylic acids is 2. The van der Waals surface area contributed by atoms with Crippen LogP contribution in [0.3, 0.4) is 0 Å². The minimum absolute atomic E-state index is 0.0215. The molecule has 32 heavy (non-hydrogen) atoms. The molecule has 14 N–H and O–H groups in total. The van der Waals surface area contributed by atoms with Crippen LogP contribution in [0.5, 0.6) is 11.5 Å². The van der Waals surface area contributed by atoms with Gasteiger partial charge in [-0.05, 0) is 24.3 Å². The van der Waals surface area contributed by atoms with Crippen LogP contribution in [0.2, 0.25) is 0 Å². The fourth-order valence-corrected chi connectivity index (χ4v) is 3.47. The number of ketones is 2. The molecule has 12 nitrogen and oxygen atoms in total. The molecule has 0 unspecified atom stereocenters. The first-order valence-electron chi connectivity index (χ1n) is 9.75. The number of anilines is 2. The van der Waals surface area contributed by atoms with Crippen molar-refractivity contribution in [2.24, 2.45) is 22.9 Å². The van der Waals surface area contributed by atoms with Gasteiger partial charge >= 0.3 is 11.9 Å². The van der Waals surface area contributed by atoms with Crippen molar-refractivity contribution < 1.29 is 29.8 Å². The molecular weight excluding hydrogens is 416 g/mol. The molecule has 3 rings (SSSR count). The van der Waals surface area contributed by atoms with Crippen LogP contribution in [0, 0.1) is 0 Å². The van der Waals surface area contributed by atoms with Crippen LogP contribution in [-0.2, 0) is 0 Å². The first kappa shape index (κ1) is 22.2. The smallest absolute Gasteiger partial charge is 0.338 e. The summed E-state index contributed by atoms with van der Waals surface area (Å²) in [6.45, 7) is 1.36. The second-order valence-electron chi connectivity index (χ2n) is 7.04. The van der Waals surface area contributed by atoms with Crippen molar-refractivity contribution >= 4 is 34.9 Å². The average molecular weight is 442 g/mol. The van der Waals surface area contributed by atoms with E-state index in [0.717, 1.165) is 0 Å². The lowest BCUT2D eigenvalue weighted by Gasteiger charge is -2.24. The minimum atomic E-state index is -0.593. The summed E-state index contributed by atoms with van der Waals surface area (Å²) in [7, 11) is 0. The largest absolute Gasteiger partial charge is 0.507 e. The van der Waals surface area contributed by atoms with Gasteiger partial charge in [0.25, 0.3) is 0 Å². The molecule has 12 heteroatoms. The Bertz CT molecular complexity index is 1050. The summed E-state index contributed by atoms with van der Waals surface area (Å²) in [5.74, 6) is -1.77. The summed E-state index contributed by atoms with van der Waals surface area (Å²) in [4.78, 5) is 32.2. The quantitative estimate of drug-likeness (QED) is 0.0694. The zero-order valence-electron chi connectivity index (χ0n) is 17.2. The lowest BCUT2D eigenvalue weighted by molar-refractivity contribution is -0.455. The molecule has 2 aromatic carbocycles. The number of fused-ring (bicyclic) bond motifs is 2. The third-order valence-electron chi connectivity index (χ3n) is 4.81. The molecule has 0 radical (unpaired) electrons. The number of rotatable bonds is 8. The summed E-state index contributed by atoms with van der Waals surface area (Å²) in [6, 6.07) is 5.62. The SMILES string of the molecule is NC(N)=[NH+]CCNc1ccc(O)c2c1C(=O)c1c(O)ccc(NCC[NH+]=C(N)N)c1C2=O. The maximum Gasteiger partial charge on any atom is 0.338 e. The highest BCUT2D eigenvalue weighted by Gasteiger charge is 2.37. The van der Waals surface area contributed by atoms with Crippen molar-refractivity contribution in [1.82, 2.24) is 0 Å². The Morgan fingerprint density at radius 2 is 1.06 bits per heavy atom. The number of hydrogen-bond acceptors (Lipinski definition) is 6. The molecule has 0 aromatic heterocycles.